The van der Waals surface area contributed by atoms with Crippen molar-refractivity contribution >= 4 is 0 Å². The van der Waals surface area contributed by atoms with E-state index in [-0.39, 0.29) is 0 Å². The largest absolute Gasteiger partial charge is 0.326 e. The van der Waals surface area contributed by atoms with Crippen molar-refractivity contribution in [1.29, 1.82) is 0 Å². The van der Waals surface area contributed by atoms with E-state index in [0.717, 1.165) is 12.0 Å². The summed E-state index contributed by atoms with van der Waals surface area (Å²) in [5.74, 6) is 1.09. The van der Waals surface area contributed by atoms with Gasteiger partial charge in [-0.2, -0.15) is 0 Å². The molecule has 1 aliphatic heterocycles. The maximum atomic E-state index is 2.38. The molecule has 1 saturated carbocycles. The first kappa shape index (κ1) is 5.72. The lowest BCUT2D eigenvalue weighted by Crippen LogP contribution is -2.45. The van der Waals surface area contributed by atoms with Crippen LogP contribution in [0.4, 0.5) is 0 Å². The second kappa shape index (κ2) is 1.51. The van der Waals surface area contributed by atoms with Crippen LogP contribution in [0, 0.1) is 5.92 Å². The molecule has 0 N–H and O–H groups in total. The Labute approximate surface area is 57.3 Å². The fraction of sp³-hybridized carbons (Fsp3) is 1.00. The number of rotatable bonds is 0. The number of nitrogens with zero attached hydrogens (tertiary/aromatic N) is 1. The highest BCUT2D eigenvalue weighted by Gasteiger charge is 2.45. The number of hydrogen-bond acceptors (Lipinski definition) is 0. The van der Waals surface area contributed by atoms with Gasteiger partial charge in [-0.25, -0.2) is 0 Å². The monoisotopic (exact) mass is 126 g/mol. The minimum absolute atomic E-state index is 1.02. The average Bonchev–Trinajstić information content (AvgIpc) is 2.19. The second-order valence-electron chi connectivity index (χ2n) is 4.29. The molecule has 0 unspecified atom stereocenters. The van der Waals surface area contributed by atoms with Crippen LogP contribution in [0.2, 0.25) is 0 Å². The molecule has 1 heteroatoms. The topological polar surface area (TPSA) is 0 Å². The molecule has 9 heavy (non-hydrogen) atoms. The zero-order chi connectivity index (χ0) is 6.48. The third-order valence-electron chi connectivity index (χ3n) is 3.23. The van der Waals surface area contributed by atoms with Crippen LogP contribution < -0.4 is 0 Å². The van der Waals surface area contributed by atoms with E-state index in [0.29, 0.717) is 0 Å². The van der Waals surface area contributed by atoms with Gasteiger partial charge in [-0.1, -0.05) is 0 Å². The van der Waals surface area contributed by atoms with E-state index < -0.39 is 0 Å². The van der Waals surface area contributed by atoms with Gasteiger partial charge >= 0.3 is 0 Å². The summed E-state index contributed by atoms with van der Waals surface area (Å²) in [6.07, 6.45) is 4.54. The molecule has 2 aliphatic rings. The fourth-order valence-electron chi connectivity index (χ4n) is 2.66. The van der Waals surface area contributed by atoms with Gasteiger partial charge < -0.3 is 4.48 Å². The second-order valence-corrected chi connectivity index (χ2v) is 4.29. The molecule has 0 aromatic rings. The SMILES string of the molecule is C[N+]1(C)C[C@@H]2CC[C@H]1C2. The summed E-state index contributed by atoms with van der Waals surface area (Å²) < 4.78 is 1.31. The van der Waals surface area contributed by atoms with E-state index in [2.05, 4.69) is 14.1 Å². The van der Waals surface area contributed by atoms with E-state index in [1.54, 1.807) is 0 Å². The Morgan fingerprint density at radius 1 is 1.22 bits per heavy atom. The maximum absolute atomic E-state index is 2.38. The van der Waals surface area contributed by atoms with E-state index in [9.17, 15) is 0 Å². The summed E-state index contributed by atoms with van der Waals surface area (Å²) in [5, 5.41) is 0. The molecule has 0 spiro atoms. The summed E-state index contributed by atoms with van der Waals surface area (Å²) in [5.41, 5.74) is 0. The molecule has 52 valence electrons. The van der Waals surface area contributed by atoms with E-state index >= 15 is 0 Å². The van der Waals surface area contributed by atoms with Crippen LogP contribution in [0.3, 0.4) is 0 Å². The minimum atomic E-state index is 1.02. The van der Waals surface area contributed by atoms with Gasteiger partial charge in [-0.3, -0.25) is 0 Å². The molecule has 2 bridgehead atoms. The molecular formula is C8H16N+. The summed E-state index contributed by atoms with van der Waals surface area (Å²) in [6, 6.07) is 1.02. The zero-order valence-electron chi connectivity index (χ0n) is 6.43. The molecule has 0 aromatic heterocycles. The molecule has 1 heterocycles. The average molecular weight is 126 g/mol. The molecule has 1 nitrogen and oxygen atoms in total. The quantitative estimate of drug-likeness (QED) is 0.428. The molecule has 2 rings (SSSR count). The number of hydrogen-bond donors (Lipinski definition) is 0. The highest BCUT2D eigenvalue weighted by atomic mass is 15.4. The van der Waals surface area contributed by atoms with Gasteiger partial charge in [0.15, 0.2) is 0 Å². The number of fused-ring (bicyclic) bond motifs is 2. The number of quaternary nitrogens is 1. The summed E-state index contributed by atoms with van der Waals surface area (Å²) in [7, 11) is 4.76. The van der Waals surface area contributed by atoms with Crippen LogP contribution in [0.1, 0.15) is 19.3 Å². The van der Waals surface area contributed by atoms with Crippen LogP contribution in [0.25, 0.3) is 0 Å². The lowest BCUT2D eigenvalue weighted by atomic mass is 10.1. The molecule has 0 radical (unpaired) electrons. The van der Waals surface area contributed by atoms with Gasteiger partial charge in [0.2, 0.25) is 0 Å². The van der Waals surface area contributed by atoms with Gasteiger partial charge in [0.1, 0.15) is 0 Å². The molecular weight excluding hydrogens is 110 g/mol. The minimum Gasteiger partial charge on any atom is -0.326 e. The summed E-state index contributed by atoms with van der Waals surface area (Å²) >= 11 is 0. The predicted molar refractivity (Wildman–Crippen MR) is 38.1 cm³/mol. The lowest BCUT2D eigenvalue weighted by molar-refractivity contribution is -0.907. The zero-order valence-corrected chi connectivity index (χ0v) is 6.43. The van der Waals surface area contributed by atoms with Crippen molar-refractivity contribution in [3.05, 3.63) is 0 Å². The highest BCUT2D eigenvalue weighted by molar-refractivity contribution is 4.82. The molecule has 2 atom stereocenters. The highest BCUT2D eigenvalue weighted by Crippen LogP contribution is 2.40. The normalized spacial score (nSPS) is 46.0. The molecule has 0 amide bonds. The van der Waals surface area contributed by atoms with Crippen molar-refractivity contribution in [3.63, 3.8) is 0 Å². The number of likely N-dealkylation sites (tertiary alicyclic amines) is 1. The van der Waals surface area contributed by atoms with Crippen LogP contribution >= 0.6 is 0 Å². The van der Waals surface area contributed by atoms with Crippen molar-refractivity contribution in [3.8, 4) is 0 Å². The Kier molecular flexibility index (Phi) is 0.963. The van der Waals surface area contributed by atoms with Crippen LogP contribution in [0.5, 0.6) is 0 Å². The Morgan fingerprint density at radius 2 is 2.00 bits per heavy atom. The smallest absolute Gasteiger partial charge is 0.0891 e. The first-order valence-electron chi connectivity index (χ1n) is 4.01. The van der Waals surface area contributed by atoms with Gasteiger partial charge in [-0.05, 0) is 12.8 Å². The summed E-state index contributed by atoms with van der Waals surface area (Å²) in [4.78, 5) is 0. The first-order valence-corrected chi connectivity index (χ1v) is 4.01. The molecule has 2 fully saturated rings. The van der Waals surface area contributed by atoms with Crippen molar-refractivity contribution in [2.75, 3.05) is 20.6 Å². The van der Waals surface area contributed by atoms with Crippen molar-refractivity contribution < 1.29 is 4.48 Å². The van der Waals surface area contributed by atoms with Crippen LogP contribution in [-0.4, -0.2) is 31.2 Å². The van der Waals surface area contributed by atoms with E-state index in [1.165, 1.54) is 30.3 Å². The fourth-order valence-corrected chi connectivity index (χ4v) is 2.66. The molecule has 0 aromatic carbocycles. The maximum Gasteiger partial charge on any atom is 0.0891 e. The Morgan fingerprint density at radius 3 is 2.22 bits per heavy atom. The first-order chi connectivity index (χ1) is 4.18. The Bertz CT molecular complexity index is 129. The van der Waals surface area contributed by atoms with Crippen molar-refractivity contribution in [2.45, 2.75) is 25.3 Å². The third-order valence-corrected chi connectivity index (χ3v) is 3.23. The lowest BCUT2D eigenvalue weighted by Gasteiger charge is -2.33. The Balaban J connectivity index is 2.18. The van der Waals surface area contributed by atoms with Crippen molar-refractivity contribution in [1.82, 2.24) is 0 Å². The standard InChI is InChI=1S/C8H16N/c1-9(2)6-7-3-4-8(9)5-7/h7-8H,3-6H2,1-2H3/q+1/t7-,8+/m1/s1. The van der Waals surface area contributed by atoms with E-state index in [4.69, 9.17) is 0 Å². The number of piperidine rings is 1. The van der Waals surface area contributed by atoms with Gasteiger partial charge in [0, 0.05) is 12.3 Å². The predicted octanol–water partition coefficient (Wildman–Crippen LogP) is 1.25. The van der Waals surface area contributed by atoms with Gasteiger partial charge in [0.05, 0.1) is 26.7 Å². The van der Waals surface area contributed by atoms with Gasteiger partial charge in [0.25, 0.3) is 0 Å². The van der Waals surface area contributed by atoms with E-state index in [1.807, 2.05) is 0 Å². The molecule has 1 aliphatic carbocycles. The van der Waals surface area contributed by atoms with Crippen molar-refractivity contribution in [2.24, 2.45) is 5.92 Å². The Hall–Kier alpha value is -0.0400. The third kappa shape index (κ3) is 0.710. The van der Waals surface area contributed by atoms with Gasteiger partial charge in [-0.15, -0.1) is 0 Å². The van der Waals surface area contributed by atoms with Crippen LogP contribution in [-0.2, 0) is 0 Å². The summed E-state index contributed by atoms with van der Waals surface area (Å²) in [6.45, 7) is 1.45. The molecule has 1 saturated heterocycles. The van der Waals surface area contributed by atoms with Crippen LogP contribution in [0.15, 0.2) is 0 Å².